The van der Waals surface area contributed by atoms with Crippen molar-refractivity contribution in [2.45, 2.75) is 31.7 Å². The van der Waals surface area contributed by atoms with Crippen LogP contribution in [-0.4, -0.2) is 29.1 Å². The van der Waals surface area contributed by atoms with Gasteiger partial charge in [0.2, 0.25) is 0 Å². The fraction of sp³-hybridized carbons (Fsp3) is 0.643. The van der Waals surface area contributed by atoms with Gasteiger partial charge in [-0.15, -0.1) is 11.3 Å². The molecule has 98 valence electrons. The summed E-state index contributed by atoms with van der Waals surface area (Å²) in [6, 6.07) is 4.79. The van der Waals surface area contributed by atoms with Crippen LogP contribution in [0, 0.1) is 11.8 Å². The number of hydrogen-bond acceptors (Lipinski definition) is 3. The molecule has 1 N–H and O–H groups in total. The smallest absolute Gasteiger partial charge is 0.307 e. The predicted octanol–water partition coefficient (Wildman–Crippen LogP) is 3.00. The molecule has 3 nitrogen and oxygen atoms in total. The van der Waals surface area contributed by atoms with Crippen LogP contribution in [-0.2, 0) is 4.79 Å². The molecule has 0 spiro atoms. The monoisotopic (exact) mass is 265 g/mol. The van der Waals surface area contributed by atoms with Crippen LogP contribution in [0.4, 0.5) is 0 Å². The molecule has 1 aromatic heterocycles. The van der Waals surface area contributed by atoms with Crippen molar-refractivity contribution in [3.05, 3.63) is 22.4 Å². The SMILES string of the molecule is O=C(O)C1CCCN(C(c2cccs2)C2CC2)C1. The minimum Gasteiger partial charge on any atom is -0.481 e. The zero-order chi connectivity index (χ0) is 12.5. The molecule has 1 aliphatic heterocycles. The number of rotatable bonds is 4. The summed E-state index contributed by atoms with van der Waals surface area (Å²) in [6.45, 7) is 1.79. The third-order valence-corrected chi connectivity index (χ3v) is 5.04. The molecule has 1 saturated heterocycles. The molecule has 0 bridgehead atoms. The van der Waals surface area contributed by atoms with Gasteiger partial charge in [0.1, 0.15) is 0 Å². The van der Waals surface area contributed by atoms with Gasteiger partial charge in [-0.25, -0.2) is 0 Å². The van der Waals surface area contributed by atoms with Gasteiger partial charge in [0, 0.05) is 17.5 Å². The number of carboxylic acids is 1. The summed E-state index contributed by atoms with van der Waals surface area (Å²) in [5.74, 6) is -0.0309. The largest absolute Gasteiger partial charge is 0.481 e. The van der Waals surface area contributed by atoms with E-state index in [1.54, 1.807) is 0 Å². The van der Waals surface area contributed by atoms with Gasteiger partial charge in [0.15, 0.2) is 0 Å². The summed E-state index contributed by atoms with van der Waals surface area (Å²) in [5.41, 5.74) is 0. The van der Waals surface area contributed by atoms with Crippen molar-refractivity contribution in [3.63, 3.8) is 0 Å². The number of thiophene rings is 1. The van der Waals surface area contributed by atoms with Crippen molar-refractivity contribution in [2.24, 2.45) is 11.8 Å². The molecular formula is C14H19NO2S. The first-order chi connectivity index (χ1) is 8.75. The minimum atomic E-state index is -0.625. The van der Waals surface area contributed by atoms with Crippen LogP contribution < -0.4 is 0 Å². The van der Waals surface area contributed by atoms with E-state index in [9.17, 15) is 9.90 Å². The van der Waals surface area contributed by atoms with Gasteiger partial charge in [0.25, 0.3) is 0 Å². The average Bonchev–Trinajstić information content (AvgIpc) is 3.05. The number of carboxylic acid groups (broad SMARTS) is 1. The number of carbonyl (C=O) groups is 1. The Morgan fingerprint density at radius 3 is 2.89 bits per heavy atom. The summed E-state index contributed by atoms with van der Waals surface area (Å²) in [5, 5.41) is 11.3. The quantitative estimate of drug-likeness (QED) is 0.910. The van der Waals surface area contributed by atoms with Crippen molar-refractivity contribution < 1.29 is 9.90 Å². The summed E-state index contributed by atoms with van der Waals surface area (Å²) in [6.07, 6.45) is 4.47. The number of nitrogens with zero attached hydrogens (tertiary/aromatic N) is 1. The molecule has 0 aromatic carbocycles. The van der Waals surface area contributed by atoms with Gasteiger partial charge in [-0.3, -0.25) is 9.69 Å². The molecule has 2 heterocycles. The normalized spacial score (nSPS) is 27.0. The first-order valence-electron chi connectivity index (χ1n) is 6.76. The summed E-state index contributed by atoms with van der Waals surface area (Å²) >= 11 is 1.81. The number of hydrogen-bond donors (Lipinski definition) is 1. The van der Waals surface area contributed by atoms with Crippen molar-refractivity contribution in [1.29, 1.82) is 0 Å². The van der Waals surface area contributed by atoms with E-state index in [2.05, 4.69) is 22.4 Å². The molecule has 1 aromatic rings. The van der Waals surface area contributed by atoms with Crippen molar-refractivity contribution in [3.8, 4) is 0 Å². The van der Waals surface area contributed by atoms with Crippen LogP contribution >= 0.6 is 11.3 Å². The van der Waals surface area contributed by atoms with Crippen LogP contribution in [0.25, 0.3) is 0 Å². The van der Waals surface area contributed by atoms with Crippen LogP contribution in [0.3, 0.4) is 0 Å². The first-order valence-corrected chi connectivity index (χ1v) is 7.64. The highest BCUT2D eigenvalue weighted by Gasteiger charge is 2.39. The zero-order valence-corrected chi connectivity index (χ0v) is 11.2. The second-order valence-corrected chi connectivity index (χ2v) is 6.45. The molecule has 2 unspecified atom stereocenters. The molecular weight excluding hydrogens is 246 g/mol. The highest BCUT2D eigenvalue weighted by atomic mass is 32.1. The summed E-state index contributed by atoms with van der Waals surface area (Å²) in [7, 11) is 0. The molecule has 3 rings (SSSR count). The van der Waals surface area contributed by atoms with E-state index in [4.69, 9.17) is 0 Å². The summed E-state index contributed by atoms with van der Waals surface area (Å²) < 4.78 is 0. The van der Waals surface area contributed by atoms with E-state index in [-0.39, 0.29) is 5.92 Å². The van der Waals surface area contributed by atoms with E-state index in [0.717, 1.165) is 31.8 Å². The molecule has 2 atom stereocenters. The standard InChI is InChI=1S/C14H19NO2S/c16-14(17)11-3-1-7-15(9-11)13(10-5-6-10)12-4-2-8-18-12/h2,4,8,10-11,13H,1,3,5-7,9H2,(H,16,17). The lowest BCUT2D eigenvalue weighted by Crippen LogP contribution is -2.41. The first kappa shape index (κ1) is 12.2. The highest BCUT2D eigenvalue weighted by molar-refractivity contribution is 7.10. The fourth-order valence-electron chi connectivity index (χ4n) is 3.04. The Balaban J connectivity index is 1.76. The zero-order valence-electron chi connectivity index (χ0n) is 10.4. The van der Waals surface area contributed by atoms with Gasteiger partial charge in [-0.05, 0) is 49.6 Å². The van der Waals surface area contributed by atoms with E-state index in [1.807, 2.05) is 11.3 Å². The van der Waals surface area contributed by atoms with Gasteiger partial charge in [0.05, 0.1) is 5.92 Å². The molecule has 4 heteroatoms. The molecule has 2 aliphatic rings. The molecule has 0 amide bonds. The van der Waals surface area contributed by atoms with E-state index in [0.29, 0.717) is 6.04 Å². The molecule has 2 fully saturated rings. The van der Waals surface area contributed by atoms with Crippen LogP contribution in [0.2, 0.25) is 0 Å². The van der Waals surface area contributed by atoms with Gasteiger partial charge >= 0.3 is 5.97 Å². The maximum atomic E-state index is 11.2. The van der Waals surface area contributed by atoms with E-state index < -0.39 is 5.97 Å². The lowest BCUT2D eigenvalue weighted by Gasteiger charge is -2.36. The molecule has 18 heavy (non-hydrogen) atoms. The maximum absolute atomic E-state index is 11.2. The Hall–Kier alpha value is -0.870. The highest BCUT2D eigenvalue weighted by Crippen LogP contribution is 2.46. The van der Waals surface area contributed by atoms with Crippen LogP contribution in [0.15, 0.2) is 17.5 Å². The third-order valence-electron chi connectivity index (χ3n) is 4.10. The second-order valence-electron chi connectivity index (χ2n) is 5.47. The predicted molar refractivity (Wildman–Crippen MR) is 71.7 cm³/mol. The topological polar surface area (TPSA) is 40.5 Å². The fourth-order valence-corrected chi connectivity index (χ4v) is 3.99. The number of aliphatic carboxylic acids is 1. The van der Waals surface area contributed by atoms with E-state index >= 15 is 0 Å². The Kier molecular flexibility index (Phi) is 3.39. The average molecular weight is 265 g/mol. The van der Waals surface area contributed by atoms with Crippen LogP contribution in [0.1, 0.15) is 36.6 Å². The van der Waals surface area contributed by atoms with Crippen LogP contribution in [0.5, 0.6) is 0 Å². The van der Waals surface area contributed by atoms with Crippen molar-refractivity contribution in [2.75, 3.05) is 13.1 Å². The maximum Gasteiger partial charge on any atom is 0.307 e. The minimum absolute atomic E-state index is 0.167. The Bertz CT molecular complexity index is 413. The van der Waals surface area contributed by atoms with Gasteiger partial charge in [-0.2, -0.15) is 0 Å². The Morgan fingerprint density at radius 1 is 1.44 bits per heavy atom. The number of likely N-dealkylation sites (tertiary alicyclic amines) is 1. The second kappa shape index (κ2) is 5.02. The lowest BCUT2D eigenvalue weighted by atomic mass is 9.95. The van der Waals surface area contributed by atoms with E-state index in [1.165, 1.54) is 17.7 Å². The Labute approximate surface area is 111 Å². The molecule has 0 radical (unpaired) electrons. The summed E-state index contributed by atoms with van der Waals surface area (Å²) in [4.78, 5) is 15.0. The van der Waals surface area contributed by atoms with Crippen molar-refractivity contribution in [1.82, 2.24) is 4.90 Å². The van der Waals surface area contributed by atoms with Crippen molar-refractivity contribution >= 4 is 17.3 Å². The van der Waals surface area contributed by atoms with Gasteiger partial charge < -0.3 is 5.11 Å². The number of piperidine rings is 1. The lowest BCUT2D eigenvalue weighted by molar-refractivity contribution is -0.144. The molecule has 1 saturated carbocycles. The Morgan fingerprint density at radius 2 is 2.28 bits per heavy atom. The third kappa shape index (κ3) is 2.45. The van der Waals surface area contributed by atoms with Gasteiger partial charge in [-0.1, -0.05) is 6.07 Å². The molecule has 1 aliphatic carbocycles.